The van der Waals surface area contributed by atoms with E-state index in [1.165, 1.54) is 0 Å². The first-order valence-electron chi connectivity index (χ1n) is 8.67. The molecule has 2 aromatic carbocycles. The third-order valence-corrected chi connectivity index (χ3v) is 5.54. The Balaban J connectivity index is 0.00000420. The quantitative estimate of drug-likeness (QED) is 0.263. The van der Waals surface area contributed by atoms with E-state index in [0.29, 0.717) is 22.0 Å². The summed E-state index contributed by atoms with van der Waals surface area (Å²) in [6.45, 7) is 3.81. The van der Waals surface area contributed by atoms with Gasteiger partial charge in [-0.05, 0) is 43.2 Å². The average molecular weight is 553 g/mol. The molecule has 4 N–H and O–H groups in total. The van der Waals surface area contributed by atoms with E-state index < -0.39 is 10.0 Å². The van der Waals surface area contributed by atoms with Crippen LogP contribution in [0, 0.1) is 0 Å². The second-order valence-corrected chi connectivity index (χ2v) is 8.64. The van der Waals surface area contributed by atoms with Crippen molar-refractivity contribution in [1.29, 1.82) is 0 Å². The lowest BCUT2D eigenvalue weighted by atomic mass is 10.1. The normalized spacial score (nSPS) is 11.8. The Morgan fingerprint density at radius 1 is 1.21 bits per heavy atom. The zero-order valence-corrected chi connectivity index (χ0v) is 20.4. The topological polar surface area (TPSA) is 106 Å². The Morgan fingerprint density at radius 2 is 1.86 bits per heavy atom. The van der Waals surface area contributed by atoms with E-state index in [9.17, 15) is 8.42 Å². The first-order chi connectivity index (χ1) is 13.2. The van der Waals surface area contributed by atoms with Crippen molar-refractivity contribution in [3.05, 3.63) is 58.6 Å². The van der Waals surface area contributed by atoms with E-state index in [-0.39, 0.29) is 48.3 Å². The van der Waals surface area contributed by atoms with Crippen molar-refractivity contribution < 1.29 is 13.2 Å². The van der Waals surface area contributed by atoms with Crippen molar-refractivity contribution in [2.75, 3.05) is 12.4 Å². The first-order valence-corrected chi connectivity index (χ1v) is 10.7. The van der Waals surface area contributed by atoms with Gasteiger partial charge >= 0.3 is 0 Å². The highest BCUT2D eigenvalue weighted by Gasteiger charge is 2.15. The van der Waals surface area contributed by atoms with Crippen LogP contribution in [-0.2, 0) is 22.3 Å². The summed E-state index contributed by atoms with van der Waals surface area (Å²) in [4.78, 5) is 4.31. The maximum Gasteiger partial charge on any atom is 0.216 e. The molecule has 0 atom stereocenters. The van der Waals surface area contributed by atoms with Crippen LogP contribution in [0.5, 0.6) is 5.75 Å². The number of sulfonamides is 1. The van der Waals surface area contributed by atoms with Crippen LogP contribution in [-0.4, -0.2) is 27.5 Å². The number of ether oxygens (including phenoxy) is 1. The van der Waals surface area contributed by atoms with Crippen LogP contribution in [0.25, 0.3) is 0 Å². The van der Waals surface area contributed by atoms with Gasteiger partial charge in [-0.25, -0.2) is 18.1 Å². The minimum absolute atomic E-state index is 0. The molecule has 2 aromatic rings. The molecule has 0 unspecified atom stereocenters. The van der Waals surface area contributed by atoms with Gasteiger partial charge in [0.25, 0.3) is 0 Å². The van der Waals surface area contributed by atoms with Crippen molar-refractivity contribution in [3.63, 3.8) is 0 Å². The fraction of sp³-hybridized carbons (Fsp3) is 0.316. The van der Waals surface area contributed by atoms with Crippen LogP contribution in [0.15, 0.2) is 47.5 Å². The number of rotatable bonds is 8. The largest absolute Gasteiger partial charge is 0.495 e. The molecule has 0 radical (unpaired) electrons. The third-order valence-electron chi connectivity index (χ3n) is 3.72. The number of benzene rings is 2. The number of anilines is 1. The lowest BCUT2D eigenvalue weighted by molar-refractivity contribution is 0.415. The van der Waals surface area contributed by atoms with Crippen LogP contribution >= 0.6 is 35.6 Å². The Kier molecular flexibility index (Phi) is 10.2. The number of halogens is 2. The van der Waals surface area contributed by atoms with Gasteiger partial charge in [-0.3, -0.25) is 0 Å². The van der Waals surface area contributed by atoms with E-state index in [2.05, 4.69) is 15.0 Å². The van der Waals surface area contributed by atoms with Crippen LogP contribution in [0.3, 0.4) is 0 Å². The SMILES string of the molecule is COc1ccc(NC(N)=NCc2ccccc2CS(=O)(=O)NC(C)C)cc1Cl.I. The van der Waals surface area contributed by atoms with Crippen molar-refractivity contribution in [2.24, 2.45) is 10.7 Å². The summed E-state index contributed by atoms with van der Waals surface area (Å²) in [6, 6.07) is 12.3. The Morgan fingerprint density at radius 3 is 2.45 bits per heavy atom. The number of nitrogens with two attached hydrogens (primary N) is 1. The molecule has 0 saturated heterocycles. The average Bonchev–Trinajstić information content (AvgIpc) is 2.59. The van der Waals surface area contributed by atoms with Gasteiger partial charge in [0.2, 0.25) is 10.0 Å². The molecule has 10 heteroatoms. The Bertz CT molecular complexity index is 952. The molecular formula is C19H26ClIN4O3S. The second-order valence-electron chi connectivity index (χ2n) is 6.48. The standard InChI is InChI=1S/C19H25ClN4O3S.HI/c1-13(2)24-28(25,26)12-15-7-5-4-6-14(15)11-22-19(21)23-16-8-9-18(27-3)17(20)10-16;/h4-10,13,24H,11-12H2,1-3H3,(H3,21,22,23);1H. The molecule has 29 heavy (non-hydrogen) atoms. The number of nitrogens with one attached hydrogen (secondary N) is 2. The Labute approximate surface area is 194 Å². The minimum atomic E-state index is -3.43. The van der Waals surface area contributed by atoms with Crippen molar-refractivity contribution in [3.8, 4) is 5.75 Å². The number of nitrogens with zero attached hydrogens (tertiary/aromatic N) is 1. The van der Waals surface area contributed by atoms with E-state index in [4.69, 9.17) is 22.1 Å². The molecule has 160 valence electrons. The summed E-state index contributed by atoms with van der Waals surface area (Å²) in [5, 5.41) is 3.41. The van der Waals surface area contributed by atoms with Gasteiger partial charge in [0.1, 0.15) is 5.75 Å². The predicted molar refractivity (Wildman–Crippen MR) is 130 cm³/mol. The van der Waals surface area contributed by atoms with E-state index >= 15 is 0 Å². The summed E-state index contributed by atoms with van der Waals surface area (Å²) in [6.07, 6.45) is 0. The van der Waals surface area contributed by atoms with Crippen LogP contribution < -0.4 is 20.5 Å². The molecular weight excluding hydrogens is 527 g/mol. The van der Waals surface area contributed by atoms with Gasteiger partial charge in [0, 0.05) is 11.7 Å². The summed E-state index contributed by atoms with van der Waals surface area (Å²) >= 11 is 6.10. The number of guanidine groups is 1. The summed E-state index contributed by atoms with van der Waals surface area (Å²) < 4.78 is 32.1. The van der Waals surface area contributed by atoms with Gasteiger partial charge in [0.05, 0.1) is 24.4 Å². The smallest absolute Gasteiger partial charge is 0.216 e. The lowest BCUT2D eigenvalue weighted by Gasteiger charge is -2.12. The first kappa shape index (κ1) is 25.5. The monoisotopic (exact) mass is 552 g/mol. The van der Waals surface area contributed by atoms with Crippen LogP contribution in [0.2, 0.25) is 5.02 Å². The number of hydrogen-bond acceptors (Lipinski definition) is 4. The molecule has 0 aliphatic rings. The summed E-state index contributed by atoms with van der Waals surface area (Å²) in [5.41, 5.74) is 8.09. The maximum absolute atomic E-state index is 12.2. The minimum Gasteiger partial charge on any atom is -0.495 e. The molecule has 0 aliphatic carbocycles. The van der Waals surface area contributed by atoms with E-state index in [1.54, 1.807) is 51.3 Å². The number of hydrogen-bond donors (Lipinski definition) is 3. The fourth-order valence-electron chi connectivity index (χ4n) is 2.56. The van der Waals surface area contributed by atoms with Crippen molar-refractivity contribution in [2.45, 2.75) is 32.2 Å². The predicted octanol–water partition coefficient (Wildman–Crippen LogP) is 3.72. The lowest BCUT2D eigenvalue weighted by Crippen LogP contribution is -2.31. The molecule has 2 rings (SSSR count). The van der Waals surface area contributed by atoms with Gasteiger partial charge < -0.3 is 15.8 Å². The zero-order chi connectivity index (χ0) is 20.7. The van der Waals surface area contributed by atoms with Crippen LogP contribution in [0.1, 0.15) is 25.0 Å². The van der Waals surface area contributed by atoms with Gasteiger partial charge in [0.15, 0.2) is 5.96 Å². The Hall–Kier alpha value is -1.56. The molecule has 0 aliphatic heterocycles. The van der Waals surface area contributed by atoms with Gasteiger partial charge in [-0.1, -0.05) is 35.9 Å². The highest BCUT2D eigenvalue weighted by molar-refractivity contribution is 14.0. The molecule has 0 aromatic heterocycles. The molecule has 0 fully saturated rings. The molecule has 0 saturated carbocycles. The molecule has 7 nitrogen and oxygen atoms in total. The molecule has 0 bridgehead atoms. The summed E-state index contributed by atoms with van der Waals surface area (Å²) in [5.74, 6) is 0.644. The second kappa shape index (κ2) is 11.6. The van der Waals surface area contributed by atoms with Crippen molar-refractivity contribution >= 4 is 57.2 Å². The van der Waals surface area contributed by atoms with Gasteiger partial charge in [-0.15, -0.1) is 24.0 Å². The van der Waals surface area contributed by atoms with E-state index in [0.717, 1.165) is 5.56 Å². The highest BCUT2D eigenvalue weighted by atomic mass is 127. The molecule has 0 spiro atoms. The number of aliphatic imine (C=N–C) groups is 1. The van der Waals surface area contributed by atoms with Crippen LogP contribution in [0.4, 0.5) is 5.69 Å². The molecule has 0 amide bonds. The van der Waals surface area contributed by atoms with Crippen molar-refractivity contribution in [1.82, 2.24) is 4.72 Å². The summed E-state index contributed by atoms with van der Waals surface area (Å²) in [7, 11) is -1.89. The number of methoxy groups -OCH3 is 1. The van der Waals surface area contributed by atoms with Gasteiger partial charge in [-0.2, -0.15) is 0 Å². The maximum atomic E-state index is 12.2. The van der Waals surface area contributed by atoms with E-state index in [1.807, 2.05) is 12.1 Å². The highest BCUT2D eigenvalue weighted by Crippen LogP contribution is 2.27. The molecule has 0 heterocycles. The fourth-order valence-corrected chi connectivity index (χ4v) is 4.31. The third kappa shape index (κ3) is 8.37. The zero-order valence-electron chi connectivity index (χ0n) is 16.5.